The Morgan fingerprint density at radius 3 is 2.17 bits per heavy atom. The van der Waals surface area contributed by atoms with E-state index in [2.05, 4.69) is 26.3 Å². The van der Waals surface area contributed by atoms with Crippen LogP contribution in [-0.2, 0) is 25.6 Å². The maximum Gasteiger partial charge on any atom is 0.271 e. The van der Waals surface area contributed by atoms with Gasteiger partial charge < -0.3 is 40.5 Å². The molecule has 1 aliphatic rings. The summed E-state index contributed by atoms with van der Waals surface area (Å²) in [4.78, 5) is 88.3. The quantitative estimate of drug-likeness (QED) is 0.292. The molecule has 2 heterocycles. The Balaban J connectivity index is 1.72. The zero-order chi connectivity index (χ0) is 38.8. The van der Waals surface area contributed by atoms with E-state index in [1.165, 1.54) is 62.4 Å². The Labute approximate surface area is 312 Å². The molecule has 15 nitrogen and oxygen atoms in total. The van der Waals surface area contributed by atoms with Gasteiger partial charge in [-0.2, -0.15) is 0 Å². The third-order valence-electron chi connectivity index (χ3n) is 8.69. The molecule has 0 aliphatic carbocycles. The highest BCUT2D eigenvalue weighted by Crippen LogP contribution is 2.25. The van der Waals surface area contributed by atoms with Gasteiger partial charge in [0, 0.05) is 37.1 Å². The molecule has 1 aliphatic heterocycles. The maximum atomic E-state index is 14.1. The van der Waals surface area contributed by atoms with Crippen LogP contribution in [0.2, 0.25) is 0 Å². The largest absolute Gasteiger partial charge is 0.497 e. The summed E-state index contributed by atoms with van der Waals surface area (Å²) < 4.78 is 10.7. The minimum atomic E-state index is -1.03. The number of methoxy groups -OCH3 is 2. The summed E-state index contributed by atoms with van der Waals surface area (Å²) in [5.41, 5.74) is 1.13. The minimum Gasteiger partial charge on any atom is -0.497 e. The number of benzene rings is 2. The molecule has 3 aromatic rings. The summed E-state index contributed by atoms with van der Waals surface area (Å²) in [7, 11) is 4.44. The first-order chi connectivity index (χ1) is 25.2. The summed E-state index contributed by atoms with van der Waals surface area (Å²) in [6, 6.07) is 10.4. The van der Waals surface area contributed by atoms with Crippen LogP contribution in [-0.4, -0.2) is 109 Å². The lowest BCUT2D eigenvalue weighted by Crippen LogP contribution is -2.57. The van der Waals surface area contributed by atoms with Gasteiger partial charge in [0.15, 0.2) is 0 Å². The monoisotopic (exact) mass is 749 g/mol. The molecular formula is C37H47N7O8S. The van der Waals surface area contributed by atoms with Crippen LogP contribution in [0.1, 0.15) is 65.2 Å². The number of nitrogens with zero attached hydrogens (tertiary/aromatic N) is 3. The number of carbonyl (C=O) groups is 6. The zero-order valence-corrected chi connectivity index (χ0v) is 31.7. The van der Waals surface area contributed by atoms with Crippen molar-refractivity contribution in [2.24, 2.45) is 5.92 Å². The second kappa shape index (κ2) is 18.3. The highest BCUT2D eigenvalue weighted by atomic mass is 32.1. The van der Waals surface area contributed by atoms with Crippen molar-refractivity contribution in [2.75, 3.05) is 40.9 Å². The van der Waals surface area contributed by atoms with Crippen LogP contribution < -0.4 is 30.7 Å². The topological polar surface area (TPSA) is 188 Å². The molecule has 4 atom stereocenters. The molecule has 284 valence electrons. The number of thiazole rings is 1. The number of ether oxygens (including phenoxy) is 2. The fraction of sp³-hybridized carbons (Fsp3) is 0.432. The number of likely N-dealkylation sites (N-methyl/N-ethyl adjacent to an activating group) is 1. The second-order valence-electron chi connectivity index (χ2n) is 13.1. The highest BCUT2D eigenvalue weighted by Gasteiger charge is 2.31. The number of aromatic nitrogens is 1. The summed E-state index contributed by atoms with van der Waals surface area (Å²) in [6.45, 7) is 6.06. The lowest BCUT2D eigenvalue weighted by molar-refractivity contribution is -0.136. The molecule has 53 heavy (non-hydrogen) atoms. The minimum absolute atomic E-state index is 0.0120. The van der Waals surface area contributed by atoms with E-state index in [0.29, 0.717) is 22.9 Å². The van der Waals surface area contributed by atoms with Crippen LogP contribution in [0.4, 0.5) is 0 Å². The van der Waals surface area contributed by atoms with Crippen LogP contribution in [0.5, 0.6) is 11.5 Å². The highest BCUT2D eigenvalue weighted by molar-refractivity contribution is 7.09. The lowest BCUT2D eigenvalue weighted by Gasteiger charge is -2.29. The van der Waals surface area contributed by atoms with Gasteiger partial charge in [-0.3, -0.25) is 28.8 Å². The molecule has 0 radical (unpaired) electrons. The summed E-state index contributed by atoms with van der Waals surface area (Å²) in [5, 5.41) is 12.9. The van der Waals surface area contributed by atoms with Gasteiger partial charge in [-0.25, -0.2) is 4.98 Å². The molecular weight excluding hydrogens is 703 g/mol. The summed E-state index contributed by atoms with van der Waals surface area (Å²) in [5.74, 6) is -2.91. The van der Waals surface area contributed by atoms with E-state index in [9.17, 15) is 28.8 Å². The van der Waals surface area contributed by atoms with Crippen molar-refractivity contribution >= 4 is 46.8 Å². The number of carbonyl (C=O) groups excluding carboxylic acids is 6. The molecule has 2 aromatic carbocycles. The van der Waals surface area contributed by atoms with Crippen molar-refractivity contribution < 1.29 is 38.2 Å². The number of amides is 6. The average molecular weight is 750 g/mol. The van der Waals surface area contributed by atoms with Crippen LogP contribution in [0.15, 0.2) is 53.9 Å². The molecule has 1 aromatic heterocycles. The van der Waals surface area contributed by atoms with Gasteiger partial charge in [0.1, 0.15) is 40.3 Å². The molecule has 4 rings (SSSR count). The maximum absolute atomic E-state index is 14.1. The fourth-order valence-corrected chi connectivity index (χ4v) is 6.46. The lowest BCUT2D eigenvalue weighted by atomic mass is 10.0. The number of nitrogens with one attached hydrogen (secondary N) is 4. The van der Waals surface area contributed by atoms with Crippen LogP contribution in [0.25, 0.3) is 0 Å². The van der Waals surface area contributed by atoms with Crippen molar-refractivity contribution in [3.05, 3.63) is 75.7 Å². The van der Waals surface area contributed by atoms with Crippen LogP contribution in [0.3, 0.4) is 0 Å². The predicted octanol–water partition coefficient (Wildman–Crippen LogP) is 1.94. The molecule has 0 saturated heterocycles. The van der Waals surface area contributed by atoms with E-state index in [0.717, 1.165) is 16.9 Å². The molecule has 6 amide bonds. The Morgan fingerprint density at radius 2 is 1.55 bits per heavy atom. The number of hydrogen-bond acceptors (Lipinski definition) is 10. The van der Waals surface area contributed by atoms with Crippen molar-refractivity contribution in [1.82, 2.24) is 36.1 Å². The average Bonchev–Trinajstić information content (AvgIpc) is 3.64. The first-order valence-corrected chi connectivity index (χ1v) is 18.1. The summed E-state index contributed by atoms with van der Waals surface area (Å²) >= 11 is 1.16. The van der Waals surface area contributed by atoms with Gasteiger partial charge in [-0.15, -0.1) is 11.3 Å². The van der Waals surface area contributed by atoms with E-state index in [4.69, 9.17) is 9.47 Å². The molecule has 0 spiro atoms. The molecule has 0 fully saturated rings. The van der Waals surface area contributed by atoms with Gasteiger partial charge in [-0.1, -0.05) is 44.2 Å². The normalized spacial score (nSPS) is 21.2. The summed E-state index contributed by atoms with van der Waals surface area (Å²) in [6.07, 6.45) is 0.327. The van der Waals surface area contributed by atoms with Crippen molar-refractivity contribution in [3.8, 4) is 11.5 Å². The second-order valence-corrected chi connectivity index (χ2v) is 14.0. The van der Waals surface area contributed by atoms with E-state index >= 15 is 0 Å². The first-order valence-electron chi connectivity index (χ1n) is 17.2. The van der Waals surface area contributed by atoms with Crippen LogP contribution in [0, 0.1) is 5.92 Å². The van der Waals surface area contributed by atoms with Crippen molar-refractivity contribution in [2.45, 2.75) is 58.3 Å². The Hall–Kier alpha value is -5.51. The zero-order valence-electron chi connectivity index (χ0n) is 30.9. The molecule has 16 heteroatoms. The number of hydrogen-bond donors (Lipinski definition) is 4. The Bertz CT molecular complexity index is 1780. The smallest absolute Gasteiger partial charge is 0.271 e. The molecule has 0 saturated carbocycles. The van der Waals surface area contributed by atoms with Crippen molar-refractivity contribution in [1.29, 1.82) is 0 Å². The van der Waals surface area contributed by atoms with Crippen molar-refractivity contribution in [3.63, 3.8) is 0 Å². The van der Waals surface area contributed by atoms with Gasteiger partial charge in [0.2, 0.25) is 23.6 Å². The van der Waals surface area contributed by atoms with Gasteiger partial charge in [0.25, 0.3) is 11.8 Å². The number of rotatable bonds is 6. The molecule has 0 unspecified atom stereocenters. The standard InChI is InChI=1S/C37H47N7O8S/c1-21(2)31-34(48)39-23(4)36(49)43(5)13-14-44(37(50)25-16-26(51-6)18-27(17-25)52-7)19-30(45)40-28(15-24-11-9-8-10-12-24)35-41-29(20-53-35)33(47)38-22(3)32(46)42-31/h8-12,16-18,20-23,28,31H,13-15,19H2,1-7H3,(H,38,47)(H,39,48)(H,40,45)(H,42,46)/t22-,23+,28-,31-/m0/s1. The SMILES string of the molecule is COc1cc(OC)cc(C(=O)N2CCN(C)C(=O)[C@@H](C)NC(=O)[C@H](C(C)C)NC(=O)[C@H](C)NC(=O)c3csc(n3)[C@H](Cc3ccccc3)NC(=O)C2)c1. The van der Waals surface area contributed by atoms with Gasteiger partial charge in [0.05, 0.1) is 26.8 Å². The van der Waals surface area contributed by atoms with E-state index < -0.39 is 66.2 Å². The van der Waals surface area contributed by atoms with Crippen LogP contribution >= 0.6 is 11.3 Å². The first kappa shape index (κ1) is 40.3. The molecule has 2 bridgehead atoms. The fourth-order valence-electron chi connectivity index (χ4n) is 5.61. The Kier molecular flexibility index (Phi) is 13.9. The predicted molar refractivity (Wildman–Crippen MR) is 198 cm³/mol. The third kappa shape index (κ3) is 10.8. The number of fused-ring (bicyclic) bond motifs is 2. The van der Waals surface area contributed by atoms with E-state index in [1.54, 1.807) is 19.9 Å². The molecule has 4 N–H and O–H groups in total. The third-order valence-corrected chi connectivity index (χ3v) is 9.65. The van der Waals surface area contributed by atoms with E-state index in [1.807, 2.05) is 30.3 Å². The van der Waals surface area contributed by atoms with E-state index in [-0.39, 0.29) is 30.3 Å². The van der Waals surface area contributed by atoms with Gasteiger partial charge in [-0.05, 0) is 43.9 Å². The van der Waals surface area contributed by atoms with Gasteiger partial charge >= 0.3 is 0 Å². The Morgan fingerprint density at radius 1 is 0.887 bits per heavy atom.